The van der Waals surface area contributed by atoms with Crippen LogP contribution in [-0.4, -0.2) is 13.9 Å². The van der Waals surface area contributed by atoms with Crippen molar-refractivity contribution in [2.45, 2.75) is 11.8 Å². The second-order valence-corrected chi connectivity index (χ2v) is 3.14. The minimum Gasteiger partial charge on any atom is -0.508 e. The predicted molar refractivity (Wildman–Crippen MR) is 41.9 cm³/mol. The van der Waals surface area contributed by atoms with Gasteiger partial charge in [-0.15, -0.1) is 0 Å². The van der Waals surface area contributed by atoms with E-state index in [1.807, 2.05) is 0 Å². The summed E-state index contributed by atoms with van der Waals surface area (Å²) in [7, 11) is 0. The highest BCUT2D eigenvalue weighted by atomic mass is 32.2. The fourth-order valence-electron chi connectivity index (χ4n) is 0.830. The Kier molecular flexibility index (Phi) is 2.26. The maximum absolute atomic E-state index is 10.6. The number of phenolic OH excluding ortho intramolecular Hbond substituents is 1. The molecule has 0 aliphatic carbocycles. The summed E-state index contributed by atoms with van der Waals surface area (Å²) in [5.74, 6) is 0.108. The average Bonchev–Trinajstić information content (AvgIpc) is 1.85. The monoisotopic (exact) mass is 172 g/mol. The van der Waals surface area contributed by atoms with E-state index >= 15 is 0 Å². The maximum atomic E-state index is 10.6. The quantitative estimate of drug-likeness (QED) is 0.627. The van der Waals surface area contributed by atoms with Gasteiger partial charge in [0.1, 0.15) is 5.75 Å². The van der Waals surface area contributed by atoms with E-state index in [2.05, 4.69) is 0 Å². The van der Waals surface area contributed by atoms with E-state index in [0.29, 0.717) is 10.5 Å². The van der Waals surface area contributed by atoms with Crippen LogP contribution in [0.4, 0.5) is 0 Å². The highest BCUT2D eigenvalue weighted by molar-refractivity contribution is 7.79. The highest BCUT2D eigenvalue weighted by Crippen LogP contribution is 2.17. The van der Waals surface area contributed by atoms with Gasteiger partial charge in [0.15, 0.2) is 11.1 Å². The summed E-state index contributed by atoms with van der Waals surface area (Å²) in [5, 5.41) is 8.94. The third-order valence-corrected chi connectivity index (χ3v) is 2.18. The fourth-order valence-corrected chi connectivity index (χ4v) is 1.35. The molecule has 0 spiro atoms. The lowest BCUT2D eigenvalue weighted by molar-refractivity contribution is 0.474. The summed E-state index contributed by atoms with van der Waals surface area (Å²) in [5.41, 5.74) is 0.617. The molecular weight excluding hydrogens is 164 g/mol. The van der Waals surface area contributed by atoms with Crippen molar-refractivity contribution < 1.29 is 13.9 Å². The number of rotatable bonds is 1. The van der Waals surface area contributed by atoms with Gasteiger partial charge in [-0.3, -0.25) is 0 Å². The maximum Gasteiger partial charge on any atom is 0.186 e. The first-order valence-corrected chi connectivity index (χ1v) is 4.12. The minimum absolute atomic E-state index is 0.108. The highest BCUT2D eigenvalue weighted by Gasteiger charge is 2.03. The van der Waals surface area contributed by atoms with Gasteiger partial charge in [-0.05, 0) is 30.7 Å². The first-order valence-electron chi connectivity index (χ1n) is 3.02. The van der Waals surface area contributed by atoms with Gasteiger partial charge in [-0.1, -0.05) is 0 Å². The molecule has 1 rings (SSSR count). The lowest BCUT2D eigenvalue weighted by Crippen LogP contribution is -1.90. The molecule has 0 amide bonds. The number of hydrogen-bond donors (Lipinski definition) is 2. The van der Waals surface area contributed by atoms with Gasteiger partial charge in [0, 0.05) is 0 Å². The lowest BCUT2D eigenvalue weighted by Gasteiger charge is -1.99. The molecular formula is C7H8O3S. The summed E-state index contributed by atoms with van der Waals surface area (Å²) in [4.78, 5) is 0.336. The van der Waals surface area contributed by atoms with E-state index in [4.69, 9.17) is 9.66 Å². The van der Waals surface area contributed by atoms with Gasteiger partial charge in [0.25, 0.3) is 0 Å². The van der Waals surface area contributed by atoms with Crippen molar-refractivity contribution in [2.75, 3.05) is 0 Å². The standard InChI is InChI=1S/C7H8O3S/c1-5-4-6(8)2-3-7(5)11(9)10/h2-4,8H,1H3,(H,9,10). The van der Waals surface area contributed by atoms with Gasteiger partial charge in [0.05, 0.1) is 4.90 Å². The predicted octanol–water partition coefficient (Wildman–Crippen LogP) is 1.28. The van der Waals surface area contributed by atoms with Crippen molar-refractivity contribution >= 4 is 11.1 Å². The first-order chi connectivity index (χ1) is 5.11. The molecule has 0 aliphatic rings. The number of phenols is 1. The molecule has 0 heterocycles. The summed E-state index contributed by atoms with van der Waals surface area (Å²) >= 11 is -1.96. The molecule has 0 bridgehead atoms. The summed E-state index contributed by atoms with van der Waals surface area (Å²) in [6, 6.07) is 4.26. The van der Waals surface area contributed by atoms with Crippen LogP contribution in [0.1, 0.15) is 5.56 Å². The van der Waals surface area contributed by atoms with E-state index in [0.717, 1.165) is 0 Å². The molecule has 0 aliphatic heterocycles. The Morgan fingerprint density at radius 1 is 1.45 bits per heavy atom. The van der Waals surface area contributed by atoms with Crippen molar-refractivity contribution in [2.24, 2.45) is 0 Å². The topological polar surface area (TPSA) is 57.5 Å². The Bertz CT molecular complexity index is 296. The zero-order valence-corrected chi connectivity index (χ0v) is 6.76. The molecule has 0 aromatic heterocycles. The molecule has 2 N–H and O–H groups in total. The van der Waals surface area contributed by atoms with Gasteiger partial charge in [-0.25, -0.2) is 4.21 Å². The Labute approximate surface area is 67.0 Å². The van der Waals surface area contributed by atoms with Crippen LogP contribution in [0.2, 0.25) is 0 Å². The van der Waals surface area contributed by atoms with Crippen molar-refractivity contribution in [3.8, 4) is 5.75 Å². The van der Waals surface area contributed by atoms with E-state index in [1.165, 1.54) is 18.2 Å². The van der Waals surface area contributed by atoms with Gasteiger partial charge >= 0.3 is 0 Å². The van der Waals surface area contributed by atoms with Gasteiger partial charge < -0.3 is 9.66 Å². The van der Waals surface area contributed by atoms with Crippen LogP contribution in [0.25, 0.3) is 0 Å². The Morgan fingerprint density at radius 3 is 2.55 bits per heavy atom. The third kappa shape index (κ3) is 1.78. The lowest BCUT2D eigenvalue weighted by atomic mass is 10.2. The molecule has 1 unspecified atom stereocenters. The van der Waals surface area contributed by atoms with Crippen LogP contribution in [-0.2, 0) is 11.1 Å². The molecule has 0 fully saturated rings. The average molecular weight is 172 g/mol. The number of hydrogen-bond acceptors (Lipinski definition) is 2. The van der Waals surface area contributed by atoms with Crippen molar-refractivity contribution in [3.63, 3.8) is 0 Å². The first kappa shape index (κ1) is 8.23. The van der Waals surface area contributed by atoms with Crippen molar-refractivity contribution in [3.05, 3.63) is 23.8 Å². The molecule has 11 heavy (non-hydrogen) atoms. The summed E-state index contributed by atoms with van der Waals surface area (Å²) < 4.78 is 19.2. The molecule has 0 saturated carbocycles. The summed E-state index contributed by atoms with van der Waals surface area (Å²) in [6.45, 7) is 1.67. The zero-order valence-electron chi connectivity index (χ0n) is 5.94. The normalized spacial score (nSPS) is 12.9. The summed E-state index contributed by atoms with van der Waals surface area (Å²) in [6.07, 6.45) is 0. The van der Waals surface area contributed by atoms with Crippen LogP contribution < -0.4 is 0 Å². The van der Waals surface area contributed by atoms with E-state index in [9.17, 15) is 4.21 Å². The molecule has 60 valence electrons. The molecule has 1 atom stereocenters. The second kappa shape index (κ2) is 3.02. The Morgan fingerprint density at radius 2 is 2.09 bits per heavy atom. The molecule has 3 nitrogen and oxygen atoms in total. The van der Waals surface area contributed by atoms with E-state index < -0.39 is 11.1 Å². The van der Waals surface area contributed by atoms with Crippen molar-refractivity contribution in [1.82, 2.24) is 0 Å². The molecule has 1 aromatic carbocycles. The molecule has 4 heteroatoms. The largest absolute Gasteiger partial charge is 0.508 e. The molecule has 1 aromatic rings. The Balaban J connectivity index is 3.20. The fraction of sp³-hybridized carbons (Fsp3) is 0.143. The molecule has 0 saturated heterocycles. The molecule has 0 radical (unpaired) electrons. The smallest absolute Gasteiger partial charge is 0.186 e. The van der Waals surface area contributed by atoms with E-state index in [1.54, 1.807) is 6.92 Å². The third-order valence-electron chi connectivity index (χ3n) is 1.35. The zero-order chi connectivity index (χ0) is 8.43. The van der Waals surface area contributed by atoms with Crippen LogP contribution in [0.5, 0.6) is 5.75 Å². The minimum atomic E-state index is -1.96. The number of aromatic hydroxyl groups is 1. The van der Waals surface area contributed by atoms with Crippen LogP contribution >= 0.6 is 0 Å². The number of benzene rings is 1. The van der Waals surface area contributed by atoms with Crippen molar-refractivity contribution in [1.29, 1.82) is 0 Å². The SMILES string of the molecule is Cc1cc(O)ccc1S(=O)O. The van der Waals surface area contributed by atoms with E-state index in [-0.39, 0.29) is 5.75 Å². The van der Waals surface area contributed by atoms with Crippen LogP contribution in [0.15, 0.2) is 23.1 Å². The van der Waals surface area contributed by atoms with Crippen LogP contribution in [0, 0.1) is 6.92 Å². The van der Waals surface area contributed by atoms with Gasteiger partial charge in [-0.2, -0.15) is 0 Å². The Hall–Kier alpha value is -0.870. The number of aryl methyl sites for hydroxylation is 1. The van der Waals surface area contributed by atoms with Crippen LogP contribution in [0.3, 0.4) is 0 Å². The van der Waals surface area contributed by atoms with Gasteiger partial charge in [0.2, 0.25) is 0 Å². The second-order valence-electron chi connectivity index (χ2n) is 2.20.